The summed E-state index contributed by atoms with van der Waals surface area (Å²) < 4.78 is 1.80. The largest absolute Gasteiger partial charge is 0.351 e. The van der Waals surface area contributed by atoms with Gasteiger partial charge in [0.1, 0.15) is 5.69 Å². The molecule has 0 saturated heterocycles. The van der Waals surface area contributed by atoms with Gasteiger partial charge in [-0.3, -0.25) is 14.3 Å². The van der Waals surface area contributed by atoms with E-state index in [9.17, 15) is 9.59 Å². The number of benzene rings is 2. The molecule has 0 saturated carbocycles. The molecule has 0 radical (unpaired) electrons. The Labute approximate surface area is 209 Å². The van der Waals surface area contributed by atoms with Gasteiger partial charge in [0.2, 0.25) is 5.91 Å². The molecule has 0 unspecified atom stereocenters. The first kappa shape index (κ1) is 23.1. The van der Waals surface area contributed by atoms with Crippen molar-refractivity contribution in [1.82, 2.24) is 20.0 Å². The minimum Gasteiger partial charge on any atom is -0.351 e. The maximum absolute atomic E-state index is 13.2. The van der Waals surface area contributed by atoms with Gasteiger partial charge >= 0.3 is 0 Å². The zero-order chi connectivity index (χ0) is 24.2. The quantitative estimate of drug-likeness (QED) is 0.414. The number of rotatable bonds is 7. The van der Waals surface area contributed by atoms with Gasteiger partial charge in [-0.1, -0.05) is 60.2 Å². The van der Waals surface area contributed by atoms with Crippen LogP contribution in [0.2, 0.25) is 0 Å². The second-order valence-corrected chi connectivity index (χ2v) is 9.88. The van der Waals surface area contributed by atoms with Crippen molar-refractivity contribution in [3.05, 3.63) is 99.4 Å². The first-order valence-corrected chi connectivity index (χ1v) is 12.7. The molecule has 0 atom stereocenters. The number of carbonyl (C=O) groups is 2. The topological polar surface area (TPSA) is 67.2 Å². The van der Waals surface area contributed by atoms with Gasteiger partial charge in [0, 0.05) is 42.7 Å². The number of amides is 2. The Morgan fingerprint density at radius 1 is 1.06 bits per heavy atom. The molecule has 1 aliphatic rings. The number of nitrogens with one attached hydrogen (secondary N) is 1. The van der Waals surface area contributed by atoms with Crippen molar-refractivity contribution in [2.45, 2.75) is 32.9 Å². The number of carbonyl (C=O) groups excluding carboxylic acids is 2. The highest BCUT2D eigenvalue weighted by molar-refractivity contribution is 7.10. The van der Waals surface area contributed by atoms with Crippen LogP contribution in [0.5, 0.6) is 0 Å². The maximum atomic E-state index is 13.2. The van der Waals surface area contributed by atoms with E-state index in [0.29, 0.717) is 30.9 Å². The van der Waals surface area contributed by atoms with Crippen molar-refractivity contribution in [2.24, 2.45) is 0 Å². The molecule has 2 amide bonds. The third-order valence-electron chi connectivity index (χ3n) is 6.30. The van der Waals surface area contributed by atoms with Crippen LogP contribution in [-0.2, 0) is 24.3 Å². The van der Waals surface area contributed by atoms with Crippen molar-refractivity contribution in [3.63, 3.8) is 0 Å². The van der Waals surface area contributed by atoms with Crippen molar-refractivity contribution < 1.29 is 9.59 Å². The average Bonchev–Trinajstić information content (AvgIpc) is 3.52. The van der Waals surface area contributed by atoms with Gasteiger partial charge in [0.25, 0.3) is 5.91 Å². The predicted octanol–water partition coefficient (Wildman–Crippen LogP) is 4.67. The Balaban J connectivity index is 1.27. The molecule has 4 aromatic rings. The van der Waals surface area contributed by atoms with Gasteiger partial charge in [-0.05, 0) is 35.9 Å². The van der Waals surface area contributed by atoms with E-state index < -0.39 is 0 Å². The van der Waals surface area contributed by atoms with Gasteiger partial charge in [-0.25, -0.2) is 0 Å². The Bertz CT molecular complexity index is 1320. The second kappa shape index (κ2) is 10.3. The van der Waals surface area contributed by atoms with Crippen LogP contribution in [0.15, 0.2) is 72.2 Å². The Morgan fingerprint density at radius 3 is 2.66 bits per heavy atom. The summed E-state index contributed by atoms with van der Waals surface area (Å²) in [5.74, 6) is -0.146. The maximum Gasteiger partial charge on any atom is 0.255 e. The third-order valence-corrected chi connectivity index (χ3v) is 7.33. The first-order chi connectivity index (χ1) is 17.1. The fourth-order valence-electron chi connectivity index (χ4n) is 4.36. The fraction of sp³-hybridized carbons (Fsp3) is 0.250. The molecule has 1 N–H and O–H groups in total. The number of hydrogen-bond donors (Lipinski definition) is 1. The van der Waals surface area contributed by atoms with Crippen LogP contribution >= 0.6 is 11.3 Å². The molecule has 1 aliphatic heterocycles. The Kier molecular flexibility index (Phi) is 6.77. The number of aromatic nitrogens is 2. The van der Waals surface area contributed by atoms with Crippen molar-refractivity contribution in [2.75, 3.05) is 13.1 Å². The highest BCUT2D eigenvalue weighted by atomic mass is 32.1. The number of aryl methyl sites for hydroxylation is 1. The molecular weight excluding hydrogens is 456 g/mol. The van der Waals surface area contributed by atoms with Crippen LogP contribution in [0, 0.1) is 6.92 Å². The second-order valence-electron chi connectivity index (χ2n) is 8.88. The van der Waals surface area contributed by atoms with Crippen molar-refractivity contribution in [3.8, 4) is 11.3 Å². The zero-order valence-corrected chi connectivity index (χ0v) is 20.6. The lowest BCUT2D eigenvalue weighted by atomic mass is 10.1. The summed E-state index contributed by atoms with van der Waals surface area (Å²) in [7, 11) is 0. The monoisotopic (exact) mass is 484 g/mol. The molecule has 0 aliphatic carbocycles. The summed E-state index contributed by atoms with van der Waals surface area (Å²) >= 11 is 1.76. The molecule has 0 bridgehead atoms. The van der Waals surface area contributed by atoms with Crippen molar-refractivity contribution in [1.29, 1.82) is 0 Å². The molecule has 0 spiro atoms. The van der Waals surface area contributed by atoms with Gasteiger partial charge < -0.3 is 10.2 Å². The Morgan fingerprint density at radius 2 is 1.86 bits per heavy atom. The number of hydrogen-bond acceptors (Lipinski definition) is 4. The lowest BCUT2D eigenvalue weighted by Gasteiger charge is -2.27. The molecular formula is C28H28N4O2S. The van der Waals surface area contributed by atoms with Crippen LogP contribution in [0.25, 0.3) is 11.3 Å². The minimum atomic E-state index is -0.216. The van der Waals surface area contributed by atoms with E-state index in [2.05, 4.69) is 16.8 Å². The van der Waals surface area contributed by atoms with Gasteiger partial charge in [-0.2, -0.15) is 5.10 Å². The van der Waals surface area contributed by atoms with Gasteiger partial charge in [0.05, 0.1) is 12.1 Å². The molecule has 6 nitrogen and oxygen atoms in total. The van der Waals surface area contributed by atoms with Gasteiger partial charge in [0.15, 0.2) is 0 Å². The van der Waals surface area contributed by atoms with E-state index in [1.54, 1.807) is 22.2 Å². The molecule has 5 rings (SSSR count). The van der Waals surface area contributed by atoms with Crippen LogP contribution in [0.4, 0.5) is 0 Å². The molecule has 3 heterocycles. The molecule has 0 fully saturated rings. The minimum absolute atomic E-state index is 0.0701. The number of nitrogens with zero attached hydrogens (tertiary/aromatic N) is 3. The van der Waals surface area contributed by atoms with Crippen LogP contribution in [-0.4, -0.2) is 39.6 Å². The van der Waals surface area contributed by atoms with E-state index in [1.807, 2.05) is 66.4 Å². The normalized spacial score (nSPS) is 12.9. The van der Waals surface area contributed by atoms with Crippen molar-refractivity contribution >= 4 is 23.2 Å². The number of thiophene rings is 1. The van der Waals surface area contributed by atoms with E-state index in [1.165, 1.54) is 10.4 Å². The molecule has 35 heavy (non-hydrogen) atoms. The first-order valence-electron chi connectivity index (χ1n) is 11.9. The standard InChI is InChI=1S/C28H28N4O2S/c1-20-7-9-22(10-8-20)27-24(19-32(30-27)17-21-5-3-2-4-6-21)28(34)29-14-11-26(33)31-15-12-25-23(18-31)13-16-35-25/h2-10,13,16,19H,11-12,14-15,17-18H2,1H3,(H,29,34). The zero-order valence-electron chi connectivity index (χ0n) is 19.7. The predicted molar refractivity (Wildman–Crippen MR) is 138 cm³/mol. The summed E-state index contributed by atoms with van der Waals surface area (Å²) in [5.41, 5.74) is 5.55. The van der Waals surface area contributed by atoms with Crippen LogP contribution < -0.4 is 5.32 Å². The van der Waals surface area contributed by atoms with E-state index >= 15 is 0 Å². The van der Waals surface area contributed by atoms with E-state index in [-0.39, 0.29) is 18.2 Å². The average molecular weight is 485 g/mol. The van der Waals surface area contributed by atoms with E-state index in [4.69, 9.17) is 5.10 Å². The molecule has 2 aromatic heterocycles. The summed E-state index contributed by atoms with van der Waals surface area (Å²) in [5, 5.41) is 9.77. The fourth-order valence-corrected chi connectivity index (χ4v) is 5.25. The molecule has 178 valence electrons. The lowest BCUT2D eigenvalue weighted by Crippen LogP contribution is -2.37. The molecule has 2 aromatic carbocycles. The lowest BCUT2D eigenvalue weighted by molar-refractivity contribution is -0.131. The van der Waals surface area contributed by atoms with Crippen LogP contribution in [0.3, 0.4) is 0 Å². The smallest absolute Gasteiger partial charge is 0.255 e. The highest BCUT2D eigenvalue weighted by Crippen LogP contribution is 2.25. The summed E-state index contributed by atoms with van der Waals surface area (Å²) in [4.78, 5) is 29.2. The summed E-state index contributed by atoms with van der Waals surface area (Å²) in [6.45, 7) is 4.30. The Hall–Kier alpha value is -3.71. The third kappa shape index (κ3) is 5.35. The van der Waals surface area contributed by atoms with E-state index in [0.717, 1.165) is 29.7 Å². The highest BCUT2D eigenvalue weighted by Gasteiger charge is 2.22. The number of fused-ring (bicyclic) bond motifs is 1. The summed E-state index contributed by atoms with van der Waals surface area (Å²) in [6.07, 6.45) is 2.98. The molecule has 7 heteroatoms. The van der Waals surface area contributed by atoms with Crippen LogP contribution in [0.1, 0.15) is 38.3 Å². The van der Waals surface area contributed by atoms with Gasteiger partial charge in [-0.15, -0.1) is 11.3 Å². The summed E-state index contributed by atoms with van der Waals surface area (Å²) in [6, 6.07) is 20.1. The SMILES string of the molecule is Cc1ccc(-c2nn(Cc3ccccc3)cc2C(=O)NCCC(=O)N2CCc3sccc3C2)cc1.